The molecule has 0 saturated carbocycles. The highest BCUT2D eigenvalue weighted by molar-refractivity contribution is 5.79. The van der Waals surface area contributed by atoms with Gasteiger partial charge in [-0.1, -0.05) is 19.1 Å². The summed E-state index contributed by atoms with van der Waals surface area (Å²) < 4.78 is 20.3. The zero-order valence-electron chi connectivity index (χ0n) is 10.4. The van der Waals surface area contributed by atoms with Crippen LogP contribution >= 0.6 is 0 Å². The average Bonchev–Trinajstić information content (AvgIpc) is 2.84. The van der Waals surface area contributed by atoms with E-state index < -0.39 is 12.0 Å². The van der Waals surface area contributed by atoms with Crippen LogP contribution in [-0.2, 0) is 4.79 Å². The number of carbonyl (C=O) groups is 1. The Hall–Kier alpha value is -2.37. The zero-order valence-corrected chi connectivity index (χ0v) is 10.4. The Morgan fingerprint density at radius 2 is 2.26 bits per heavy atom. The Labute approximate surface area is 109 Å². The number of hydrogen-bond donors (Lipinski definition) is 1. The summed E-state index contributed by atoms with van der Waals surface area (Å²) in [7, 11) is 0. The van der Waals surface area contributed by atoms with Crippen LogP contribution < -0.4 is 10.5 Å². The van der Waals surface area contributed by atoms with E-state index in [0.29, 0.717) is 17.9 Å². The maximum Gasteiger partial charge on any atom is 0.258 e. The number of para-hydroxylation sites is 1. The van der Waals surface area contributed by atoms with E-state index in [1.165, 1.54) is 23.1 Å². The molecule has 2 rings (SSSR count). The molecule has 0 aliphatic rings. The Balaban J connectivity index is 2.20. The van der Waals surface area contributed by atoms with Crippen molar-refractivity contribution in [3.63, 3.8) is 0 Å². The molecule has 5 nitrogen and oxygen atoms in total. The lowest BCUT2D eigenvalue weighted by atomic mass is 10.2. The molecule has 2 N–H and O–H groups in total. The first kappa shape index (κ1) is 13.1. The predicted octanol–water partition coefficient (Wildman–Crippen LogP) is 1.65. The second-order valence-corrected chi connectivity index (χ2v) is 3.99. The molecule has 0 spiro atoms. The lowest BCUT2D eigenvalue weighted by Crippen LogP contribution is -2.32. The van der Waals surface area contributed by atoms with E-state index in [1.54, 1.807) is 25.1 Å². The first-order valence-electron chi connectivity index (χ1n) is 5.87. The summed E-state index contributed by atoms with van der Waals surface area (Å²) in [6.07, 6.45) is 2.67. The van der Waals surface area contributed by atoms with E-state index in [4.69, 9.17) is 10.5 Å². The number of carbonyl (C=O) groups excluding carboxylic acids is 1. The smallest absolute Gasteiger partial charge is 0.258 e. The highest BCUT2D eigenvalue weighted by Gasteiger charge is 2.16. The van der Waals surface area contributed by atoms with Crippen molar-refractivity contribution in [2.75, 3.05) is 0 Å². The van der Waals surface area contributed by atoms with Gasteiger partial charge in [-0.2, -0.15) is 5.10 Å². The average molecular weight is 263 g/mol. The van der Waals surface area contributed by atoms with Crippen LogP contribution in [0.1, 0.15) is 13.3 Å². The van der Waals surface area contributed by atoms with Crippen molar-refractivity contribution in [1.82, 2.24) is 9.78 Å². The van der Waals surface area contributed by atoms with Crippen molar-refractivity contribution >= 4 is 5.91 Å². The molecule has 1 aromatic heterocycles. The molecule has 0 radical (unpaired) electrons. The number of nitrogens with two attached hydrogens (primary N) is 1. The molecule has 1 heterocycles. The number of aromatic nitrogens is 2. The van der Waals surface area contributed by atoms with Gasteiger partial charge >= 0.3 is 0 Å². The summed E-state index contributed by atoms with van der Waals surface area (Å²) in [5, 5.41) is 3.99. The van der Waals surface area contributed by atoms with Gasteiger partial charge in [-0.25, -0.2) is 9.07 Å². The molecule has 0 aliphatic heterocycles. The molecular formula is C13H14FN3O2. The fraction of sp³-hybridized carbons (Fsp3) is 0.231. The Bertz CT molecular complexity index is 583. The van der Waals surface area contributed by atoms with E-state index >= 15 is 0 Å². The van der Waals surface area contributed by atoms with Crippen molar-refractivity contribution in [3.8, 4) is 11.4 Å². The molecule has 1 atom stereocenters. The third kappa shape index (κ3) is 2.90. The molecule has 2 aromatic rings. The van der Waals surface area contributed by atoms with Crippen molar-refractivity contribution in [3.05, 3.63) is 42.5 Å². The van der Waals surface area contributed by atoms with Crippen LogP contribution in [0.4, 0.5) is 4.39 Å². The van der Waals surface area contributed by atoms with E-state index in [2.05, 4.69) is 5.10 Å². The van der Waals surface area contributed by atoms with Crippen molar-refractivity contribution in [2.24, 2.45) is 5.73 Å². The largest absolute Gasteiger partial charge is 0.477 e. The monoisotopic (exact) mass is 263 g/mol. The summed E-state index contributed by atoms with van der Waals surface area (Å²) in [4.78, 5) is 11.1. The minimum absolute atomic E-state index is 0.310. The molecule has 1 unspecified atom stereocenters. The molecule has 6 heteroatoms. The summed E-state index contributed by atoms with van der Waals surface area (Å²) >= 11 is 0. The number of hydrogen-bond acceptors (Lipinski definition) is 3. The maximum atomic E-state index is 13.6. The molecule has 100 valence electrons. The predicted molar refractivity (Wildman–Crippen MR) is 67.4 cm³/mol. The van der Waals surface area contributed by atoms with Crippen LogP contribution in [0.3, 0.4) is 0 Å². The molecular weight excluding hydrogens is 249 g/mol. The van der Waals surface area contributed by atoms with E-state index in [0.717, 1.165) is 0 Å². The first-order chi connectivity index (χ1) is 9.11. The van der Waals surface area contributed by atoms with E-state index in [9.17, 15) is 9.18 Å². The van der Waals surface area contributed by atoms with Crippen molar-refractivity contribution in [2.45, 2.75) is 19.4 Å². The molecule has 0 fully saturated rings. The fourth-order valence-corrected chi connectivity index (χ4v) is 1.64. The number of ether oxygens (including phenoxy) is 1. The lowest BCUT2D eigenvalue weighted by molar-refractivity contribution is -0.124. The van der Waals surface area contributed by atoms with Gasteiger partial charge in [0.05, 0.1) is 12.4 Å². The second kappa shape index (κ2) is 5.51. The molecule has 0 saturated heterocycles. The quantitative estimate of drug-likeness (QED) is 0.891. The lowest BCUT2D eigenvalue weighted by Gasteiger charge is -2.11. The van der Waals surface area contributed by atoms with Crippen LogP contribution in [0.25, 0.3) is 5.69 Å². The molecule has 1 aromatic carbocycles. The van der Waals surface area contributed by atoms with Gasteiger partial charge in [-0.3, -0.25) is 4.79 Å². The van der Waals surface area contributed by atoms with E-state index in [-0.39, 0.29) is 5.82 Å². The number of rotatable bonds is 5. The van der Waals surface area contributed by atoms with Crippen molar-refractivity contribution in [1.29, 1.82) is 0 Å². The van der Waals surface area contributed by atoms with E-state index in [1.807, 2.05) is 0 Å². The molecule has 0 aliphatic carbocycles. The molecule has 0 bridgehead atoms. The van der Waals surface area contributed by atoms with Gasteiger partial charge in [0.15, 0.2) is 11.9 Å². The Kier molecular flexibility index (Phi) is 3.79. The first-order valence-corrected chi connectivity index (χ1v) is 5.87. The summed E-state index contributed by atoms with van der Waals surface area (Å²) in [6.45, 7) is 1.79. The number of amides is 1. The van der Waals surface area contributed by atoms with Crippen LogP contribution in [0.15, 0.2) is 36.7 Å². The van der Waals surface area contributed by atoms with Crippen LogP contribution in [0, 0.1) is 5.82 Å². The number of nitrogens with zero attached hydrogens (tertiary/aromatic N) is 2. The van der Waals surface area contributed by atoms with Gasteiger partial charge in [-0.15, -0.1) is 0 Å². The van der Waals surface area contributed by atoms with Crippen LogP contribution in [0.5, 0.6) is 5.75 Å². The number of halogens is 1. The minimum atomic E-state index is -0.710. The molecule has 1 amide bonds. The highest BCUT2D eigenvalue weighted by Crippen LogP contribution is 2.17. The number of primary amides is 1. The van der Waals surface area contributed by atoms with Gasteiger partial charge in [-0.05, 0) is 18.6 Å². The minimum Gasteiger partial charge on any atom is -0.477 e. The topological polar surface area (TPSA) is 70.1 Å². The Morgan fingerprint density at radius 3 is 2.89 bits per heavy atom. The van der Waals surface area contributed by atoms with Gasteiger partial charge in [0.2, 0.25) is 0 Å². The standard InChI is InChI=1S/C13H14FN3O2/c1-2-12(13(15)18)19-9-7-16-17(8-9)11-6-4-3-5-10(11)14/h3-8,12H,2H2,1H3,(H2,15,18). The van der Waals surface area contributed by atoms with Crippen LogP contribution in [0.2, 0.25) is 0 Å². The SMILES string of the molecule is CCC(Oc1cnn(-c2ccccc2F)c1)C(N)=O. The van der Waals surface area contributed by atoms with Gasteiger partial charge in [0.1, 0.15) is 11.5 Å². The summed E-state index contributed by atoms with van der Waals surface area (Å²) in [6, 6.07) is 6.24. The number of benzene rings is 1. The molecule has 19 heavy (non-hydrogen) atoms. The van der Waals surface area contributed by atoms with Crippen LogP contribution in [-0.4, -0.2) is 21.8 Å². The normalized spacial score (nSPS) is 12.1. The summed E-state index contributed by atoms with van der Waals surface area (Å²) in [5.41, 5.74) is 5.50. The second-order valence-electron chi connectivity index (χ2n) is 3.99. The Morgan fingerprint density at radius 1 is 1.53 bits per heavy atom. The summed E-state index contributed by atoms with van der Waals surface area (Å²) in [5.74, 6) is -0.561. The fourth-order valence-electron chi connectivity index (χ4n) is 1.64. The maximum absolute atomic E-state index is 13.6. The van der Waals surface area contributed by atoms with Gasteiger partial charge < -0.3 is 10.5 Å². The highest BCUT2D eigenvalue weighted by atomic mass is 19.1. The zero-order chi connectivity index (χ0) is 13.8. The third-order valence-electron chi connectivity index (χ3n) is 2.62. The third-order valence-corrected chi connectivity index (χ3v) is 2.62. The van der Waals surface area contributed by atoms with Gasteiger partial charge in [0, 0.05) is 0 Å². The van der Waals surface area contributed by atoms with Gasteiger partial charge in [0.25, 0.3) is 5.91 Å². The van der Waals surface area contributed by atoms with Crippen molar-refractivity contribution < 1.29 is 13.9 Å².